The van der Waals surface area contributed by atoms with Crippen molar-refractivity contribution < 1.29 is 0 Å². The summed E-state index contributed by atoms with van der Waals surface area (Å²) in [4.78, 5) is 0. The van der Waals surface area contributed by atoms with Gasteiger partial charge in [-0.05, 0) is 23.3 Å². The molecule has 1 aromatic heterocycles. The van der Waals surface area contributed by atoms with E-state index in [4.69, 9.17) is 0 Å². The monoisotopic (exact) mass is 338 g/mol. The second-order valence-corrected chi connectivity index (χ2v) is 6.76. The number of hydrogen-bond acceptors (Lipinski definition) is 1. The quantitative estimate of drug-likeness (QED) is 0.372. The molecule has 1 heterocycles. The van der Waals surface area contributed by atoms with Crippen LogP contribution in [-0.4, -0.2) is 0 Å². The SMILES string of the molecule is Brc1ccc2c(c1)sc1c(-c3ccccc3)cccc12. The Bertz CT molecular complexity index is 907. The molecule has 20 heavy (non-hydrogen) atoms. The Morgan fingerprint density at radius 3 is 2.45 bits per heavy atom. The minimum Gasteiger partial charge on any atom is -0.134 e. The van der Waals surface area contributed by atoms with Crippen molar-refractivity contribution in [3.05, 3.63) is 71.2 Å². The molecule has 4 rings (SSSR count). The molecule has 0 saturated heterocycles. The topological polar surface area (TPSA) is 0 Å². The van der Waals surface area contributed by atoms with Gasteiger partial charge in [0.25, 0.3) is 0 Å². The fourth-order valence-corrected chi connectivity index (χ4v) is 4.41. The van der Waals surface area contributed by atoms with Crippen molar-refractivity contribution in [2.75, 3.05) is 0 Å². The third-order valence-corrected chi connectivity index (χ3v) is 5.24. The summed E-state index contributed by atoms with van der Waals surface area (Å²) in [6, 6.07) is 23.7. The van der Waals surface area contributed by atoms with Crippen LogP contribution in [-0.2, 0) is 0 Å². The van der Waals surface area contributed by atoms with Crippen molar-refractivity contribution in [3.63, 3.8) is 0 Å². The molecule has 0 aliphatic carbocycles. The number of halogens is 1. The van der Waals surface area contributed by atoms with E-state index in [1.54, 1.807) is 0 Å². The summed E-state index contributed by atoms with van der Waals surface area (Å²) >= 11 is 5.43. The fourth-order valence-electron chi connectivity index (χ4n) is 2.62. The second-order valence-electron chi connectivity index (χ2n) is 4.79. The lowest BCUT2D eigenvalue weighted by atomic mass is 10.0. The fraction of sp³-hybridized carbons (Fsp3) is 0. The van der Waals surface area contributed by atoms with E-state index in [0.717, 1.165) is 4.47 Å². The second kappa shape index (κ2) is 4.72. The van der Waals surface area contributed by atoms with Crippen molar-refractivity contribution in [1.82, 2.24) is 0 Å². The largest absolute Gasteiger partial charge is 0.134 e. The maximum absolute atomic E-state index is 3.56. The van der Waals surface area contributed by atoms with Crippen molar-refractivity contribution in [2.24, 2.45) is 0 Å². The molecule has 0 nitrogen and oxygen atoms in total. The van der Waals surface area contributed by atoms with Crippen LogP contribution < -0.4 is 0 Å². The van der Waals surface area contributed by atoms with Crippen LogP contribution in [0.4, 0.5) is 0 Å². The Morgan fingerprint density at radius 2 is 1.60 bits per heavy atom. The summed E-state index contributed by atoms with van der Waals surface area (Å²) in [7, 11) is 0. The molecule has 4 aromatic rings. The number of fused-ring (bicyclic) bond motifs is 3. The molecule has 2 heteroatoms. The van der Waals surface area contributed by atoms with E-state index in [2.05, 4.69) is 82.7 Å². The Hall–Kier alpha value is -1.64. The number of benzene rings is 3. The standard InChI is InChI=1S/C18H11BrS/c19-13-9-10-15-16-8-4-7-14(12-5-2-1-3-6-12)18(16)20-17(15)11-13/h1-11H. The van der Waals surface area contributed by atoms with Crippen molar-refractivity contribution in [2.45, 2.75) is 0 Å². The van der Waals surface area contributed by atoms with Gasteiger partial charge in [0.1, 0.15) is 0 Å². The normalized spacial score (nSPS) is 11.2. The molecule has 96 valence electrons. The maximum Gasteiger partial charge on any atom is 0.0433 e. The van der Waals surface area contributed by atoms with Gasteiger partial charge in [0.2, 0.25) is 0 Å². The van der Waals surface area contributed by atoms with Crippen molar-refractivity contribution in [3.8, 4) is 11.1 Å². The number of hydrogen-bond donors (Lipinski definition) is 0. The minimum absolute atomic E-state index is 1.14. The van der Waals surface area contributed by atoms with Gasteiger partial charge in [0.05, 0.1) is 0 Å². The number of rotatable bonds is 1. The predicted molar refractivity (Wildman–Crippen MR) is 92.5 cm³/mol. The molecule has 0 radical (unpaired) electrons. The van der Waals surface area contributed by atoms with Gasteiger partial charge in [-0.3, -0.25) is 0 Å². The Labute approximate surface area is 129 Å². The molecule has 0 atom stereocenters. The summed E-state index contributed by atoms with van der Waals surface area (Å²) in [5, 5.41) is 2.69. The van der Waals surface area contributed by atoms with Gasteiger partial charge in [-0.2, -0.15) is 0 Å². The van der Waals surface area contributed by atoms with Gasteiger partial charge in [-0.25, -0.2) is 0 Å². The molecular formula is C18H11BrS. The molecule has 0 N–H and O–H groups in total. The highest BCUT2D eigenvalue weighted by atomic mass is 79.9. The van der Waals surface area contributed by atoms with Crippen LogP contribution in [0.2, 0.25) is 0 Å². The molecular weight excluding hydrogens is 328 g/mol. The Morgan fingerprint density at radius 1 is 0.750 bits per heavy atom. The molecule has 0 unspecified atom stereocenters. The van der Waals surface area contributed by atoms with Crippen LogP contribution in [0.25, 0.3) is 31.3 Å². The Balaban J connectivity index is 2.11. The summed E-state index contributed by atoms with van der Waals surface area (Å²) in [5.74, 6) is 0. The van der Waals surface area contributed by atoms with Gasteiger partial charge in [0.15, 0.2) is 0 Å². The van der Waals surface area contributed by atoms with Gasteiger partial charge in [-0.1, -0.05) is 70.5 Å². The van der Waals surface area contributed by atoms with Gasteiger partial charge in [0, 0.05) is 24.6 Å². The molecule has 0 amide bonds. The molecule has 0 aliphatic heterocycles. The Kier molecular flexibility index (Phi) is 2.86. The highest BCUT2D eigenvalue weighted by molar-refractivity contribution is 9.10. The van der Waals surface area contributed by atoms with Gasteiger partial charge in [-0.15, -0.1) is 11.3 Å². The first kappa shape index (κ1) is 12.1. The lowest BCUT2D eigenvalue weighted by Crippen LogP contribution is -1.76. The minimum atomic E-state index is 1.14. The smallest absolute Gasteiger partial charge is 0.0433 e. The van der Waals surface area contributed by atoms with Crippen LogP contribution in [0, 0.1) is 0 Å². The molecule has 0 bridgehead atoms. The number of thiophene rings is 1. The van der Waals surface area contributed by atoms with Gasteiger partial charge < -0.3 is 0 Å². The lowest BCUT2D eigenvalue weighted by molar-refractivity contribution is 1.67. The van der Waals surface area contributed by atoms with E-state index in [1.807, 2.05) is 11.3 Å². The van der Waals surface area contributed by atoms with E-state index in [9.17, 15) is 0 Å². The molecule has 0 aliphatic rings. The van der Waals surface area contributed by atoms with E-state index in [0.29, 0.717) is 0 Å². The summed E-state index contributed by atoms with van der Waals surface area (Å²) in [5.41, 5.74) is 2.60. The van der Waals surface area contributed by atoms with E-state index < -0.39 is 0 Å². The molecule has 0 saturated carbocycles. The van der Waals surface area contributed by atoms with E-state index >= 15 is 0 Å². The van der Waals surface area contributed by atoms with Gasteiger partial charge >= 0.3 is 0 Å². The average molecular weight is 339 g/mol. The van der Waals surface area contributed by atoms with Crippen LogP contribution in [0.5, 0.6) is 0 Å². The first-order chi connectivity index (χ1) is 9.83. The van der Waals surface area contributed by atoms with Crippen LogP contribution >= 0.6 is 27.3 Å². The van der Waals surface area contributed by atoms with Crippen LogP contribution in [0.3, 0.4) is 0 Å². The summed E-state index contributed by atoms with van der Waals surface area (Å²) in [6.07, 6.45) is 0. The zero-order valence-corrected chi connectivity index (χ0v) is 13.0. The molecule has 0 fully saturated rings. The van der Waals surface area contributed by atoms with Crippen LogP contribution in [0.1, 0.15) is 0 Å². The van der Waals surface area contributed by atoms with E-state index in [-0.39, 0.29) is 0 Å². The maximum atomic E-state index is 3.56. The third-order valence-electron chi connectivity index (χ3n) is 3.55. The summed E-state index contributed by atoms with van der Waals surface area (Å²) in [6.45, 7) is 0. The highest BCUT2D eigenvalue weighted by Gasteiger charge is 2.09. The molecule has 0 spiro atoms. The third kappa shape index (κ3) is 1.88. The first-order valence-electron chi connectivity index (χ1n) is 6.49. The highest BCUT2D eigenvalue weighted by Crippen LogP contribution is 2.40. The lowest BCUT2D eigenvalue weighted by Gasteiger charge is -2.02. The molecule has 3 aromatic carbocycles. The van der Waals surface area contributed by atoms with Crippen molar-refractivity contribution in [1.29, 1.82) is 0 Å². The van der Waals surface area contributed by atoms with E-state index in [1.165, 1.54) is 31.3 Å². The summed E-state index contributed by atoms with van der Waals surface area (Å²) < 4.78 is 3.84. The first-order valence-corrected chi connectivity index (χ1v) is 8.10. The van der Waals surface area contributed by atoms with Crippen molar-refractivity contribution >= 4 is 47.4 Å². The predicted octanol–water partition coefficient (Wildman–Crippen LogP) is 6.48. The zero-order chi connectivity index (χ0) is 13.5. The average Bonchev–Trinajstić information content (AvgIpc) is 2.85. The zero-order valence-electron chi connectivity index (χ0n) is 10.6. The van der Waals surface area contributed by atoms with Crippen LogP contribution in [0.15, 0.2) is 71.2 Å².